The van der Waals surface area contributed by atoms with Crippen molar-refractivity contribution in [2.24, 2.45) is 0 Å². The number of ether oxygens (including phenoxy) is 2. The zero-order valence-corrected chi connectivity index (χ0v) is 14.7. The third kappa shape index (κ3) is 6.22. The van der Waals surface area contributed by atoms with Crippen LogP contribution < -0.4 is 10.1 Å². The van der Waals surface area contributed by atoms with Crippen LogP contribution in [-0.4, -0.2) is 25.1 Å². The lowest BCUT2D eigenvalue weighted by Crippen LogP contribution is -2.28. The molecular formula is C17H18ClNO4S. The molecule has 0 fully saturated rings. The van der Waals surface area contributed by atoms with Crippen LogP contribution in [0.3, 0.4) is 0 Å². The molecule has 0 aliphatic heterocycles. The molecule has 24 heavy (non-hydrogen) atoms. The molecule has 1 atom stereocenters. The van der Waals surface area contributed by atoms with Gasteiger partial charge in [-0.25, -0.2) is 0 Å². The largest absolute Gasteiger partial charge is 0.490 e. The number of carbonyl (C=O) groups is 2. The number of halogens is 1. The molecule has 2 rings (SSSR count). The van der Waals surface area contributed by atoms with Crippen molar-refractivity contribution in [1.82, 2.24) is 5.32 Å². The van der Waals surface area contributed by atoms with Crippen LogP contribution in [0.15, 0.2) is 41.8 Å². The van der Waals surface area contributed by atoms with Crippen molar-refractivity contribution in [3.05, 3.63) is 51.7 Å². The number of benzene rings is 1. The van der Waals surface area contributed by atoms with Crippen LogP contribution in [0.4, 0.5) is 0 Å². The highest BCUT2D eigenvalue weighted by Crippen LogP contribution is 2.22. The van der Waals surface area contributed by atoms with E-state index in [0.717, 1.165) is 4.88 Å². The fourth-order valence-corrected chi connectivity index (χ4v) is 3.01. The third-order valence-electron chi connectivity index (χ3n) is 3.05. The van der Waals surface area contributed by atoms with Crippen LogP contribution in [0.5, 0.6) is 5.75 Å². The molecule has 1 amide bonds. The van der Waals surface area contributed by atoms with Gasteiger partial charge in [0.15, 0.2) is 0 Å². The molecule has 0 spiro atoms. The van der Waals surface area contributed by atoms with Crippen molar-refractivity contribution in [2.45, 2.75) is 19.4 Å². The van der Waals surface area contributed by atoms with Crippen molar-refractivity contribution in [2.75, 3.05) is 13.2 Å². The minimum absolute atomic E-state index is 0.0806. The number of hydrogen-bond donors (Lipinski definition) is 1. The number of carbonyl (C=O) groups excluding carboxylic acids is 2. The maximum Gasteiger partial charge on any atom is 0.308 e. The third-order valence-corrected chi connectivity index (χ3v) is 4.27. The second kappa shape index (κ2) is 9.30. The molecule has 1 aromatic carbocycles. The van der Waals surface area contributed by atoms with E-state index in [-0.39, 0.29) is 31.6 Å². The normalized spacial score (nSPS) is 11.6. The van der Waals surface area contributed by atoms with Gasteiger partial charge < -0.3 is 14.8 Å². The summed E-state index contributed by atoms with van der Waals surface area (Å²) in [5.74, 6) is 0.0376. The fraction of sp³-hybridized carbons (Fsp3) is 0.294. The molecule has 1 heterocycles. The molecule has 0 saturated heterocycles. The molecule has 0 aliphatic carbocycles. The predicted octanol–water partition coefficient (Wildman–Crippen LogP) is 3.59. The molecule has 1 N–H and O–H groups in total. The van der Waals surface area contributed by atoms with Gasteiger partial charge in [-0.3, -0.25) is 9.59 Å². The second-order valence-electron chi connectivity index (χ2n) is 5.00. The van der Waals surface area contributed by atoms with Gasteiger partial charge in [-0.2, -0.15) is 0 Å². The van der Waals surface area contributed by atoms with Crippen LogP contribution in [0.25, 0.3) is 0 Å². The standard InChI is InChI=1S/C17H18ClNO4S/c1-12(20)19-15(16-6-3-9-24-16)11-17(21)23-8-7-22-14-5-2-4-13(18)10-14/h2-6,9-10,15H,7-8,11H2,1H3,(H,19,20). The Labute approximate surface area is 149 Å². The molecule has 0 aliphatic rings. The quantitative estimate of drug-likeness (QED) is 0.572. The van der Waals surface area contributed by atoms with Gasteiger partial charge >= 0.3 is 5.97 Å². The van der Waals surface area contributed by atoms with Crippen LogP contribution in [-0.2, 0) is 14.3 Å². The average Bonchev–Trinajstić information content (AvgIpc) is 3.05. The monoisotopic (exact) mass is 367 g/mol. The topological polar surface area (TPSA) is 64.6 Å². The molecule has 2 aromatic rings. The zero-order valence-electron chi connectivity index (χ0n) is 13.2. The van der Waals surface area contributed by atoms with Crippen molar-refractivity contribution in [3.8, 4) is 5.75 Å². The first-order valence-corrected chi connectivity index (χ1v) is 8.65. The Kier molecular flexibility index (Phi) is 7.08. The maximum atomic E-state index is 12.0. The van der Waals surface area contributed by atoms with E-state index in [4.69, 9.17) is 21.1 Å². The minimum Gasteiger partial charge on any atom is -0.490 e. The Balaban J connectivity index is 1.76. The van der Waals surface area contributed by atoms with Gasteiger partial charge in [-0.05, 0) is 29.6 Å². The zero-order chi connectivity index (χ0) is 17.4. The van der Waals surface area contributed by atoms with E-state index >= 15 is 0 Å². The summed E-state index contributed by atoms with van der Waals surface area (Å²) in [6.07, 6.45) is 0.0806. The van der Waals surface area contributed by atoms with Gasteiger partial charge in [-0.15, -0.1) is 11.3 Å². The van der Waals surface area contributed by atoms with E-state index in [1.54, 1.807) is 24.3 Å². The Morgan fingerprint density at radius 3 is 2.75 bits per heavy atom. The molecular weight excluding hydrogens is 350 g/mol. The molecule has 0 saturated carbocycles. The highest BCUT2D eigenvalue weighted by atomic mass is 35.5. The van der Waals surface area contributed by atoms with Gasteiger partial charge in [0, 0.05) is 16.8 Å². The first-order chi connectivity index (χ1) is 11.5. The summed E-state index contributed by atoms with van der Waals surface area (Å²) in [4.78, 5) is 24.2. The highest BCUT2D eigenvalue weighted by Gasteiger charge is 2.18. The van der Waals surface area contributed by atoms with Gasteiger partial charge in [0.1, 0.15) is 19.0 Å². The SMILES string of the molecule is CC(=O)NC(CC(=O)OCCOc1cccc(Cl)c1)c1cccs1. The first kappa shape index (κ1) is 18.3. The summed E-state index contributed by atoms with van der Waals surface area (Å²) >= 11 is 7.34. The first-order valence-electron chi connectivity index (χ1n) is 7.39. The predicted molar refractivity (Wildman–Crippen MR) is 93.4 cm³/mol. The lowest BCUT2D eigenvalue weighted by Gasteiger charge is -2.15. The maximum absolute atomic E-state index is 12.0. The van der Waals surface area contributed by atoms with Crippen molar-refractivity contribution in [3.63, 3.8) is 0 Å². The van der Waals surface area contributed by atoms with E-state index < -0.39 is 5.97 Å². The summed E-state index contributed by atoms with van der Waals surface area (Å²) in [6.45, 7) is 1.78. The summed E-state index contributed by atoms with van der Waals surface area (Å²) in [5.41, 5.74) is 0. The van der Waals surface area contributed by atoms with Crippen molar-refractivity contribution >= 4 is 34.8 Å². The lowest BCUT2D eigenvalue weighted by molar-refractivity contribution is -0.145. The average molecular weight is 368 g/mol. The van der Waals surface area contributed by atoms with Crippen LogP contribution in [0.1, 0.15) is 24.3 Å². The van der Waals surface area contributed by atoms with Crippen molar-refractivity contribution in [1.29, 1.82) is 0 Å². The van der Waals surface area contributed by atoms with E-state index in [1.807, 2.05) is 17.5 Å². The summed E-state index contributed by atoms with van der Waals surface area (Å²) < 4.78 is 10.6. The number of thiophene rings is 1. The van der Waals surface area contributed by atoms with Gasteiger partial charge in [-0.1, -0.05) is 23.7 Å². The van der Waals surface area contributed by atoms with Crippen LogP contribution in [0, 0.1) is 0 Å². The fourth-order valence-electron chi connectivity index (χ4n) is 2.06. The molecule has 7 heteroatoms. The van der Waals surface area contributed by atoms with Crippen molar-refractivity contribution < 1.29 is 19.1 Å². The number of rotatable bonds is 8. The molecule has 1 unspecified atom stereocenters. The lowest BCUT2D eigenvalue weighted by atomic mass is 10.1. The number of nitrogens with one attached hydrogen (secondary N) is 1. The van der Waals surface area contributed by atoms with Gasteiger partial charge in [0.2, 0.25) is 5.91 Å². The molecule has 5 nitrogen and oxygen atoms in total. The highest BCUT2D eigenvalue weighted by molar-refractivity contribution is 7.10. The Morgan fingerprint density at radius 1 is 1.25 bits per heavy atom. The van der Waals surface area contributed by atoms with E-state index in [2.05, 4.69) is 5.32 Å². The molecule has 1 aromatic heterocycles. The second-order valence-corrected chi connectivity index (χ2v) is 6.41. The van der Waals surface area contributed by atoms with Crippen LogP contribution >= 0.6 is 22.9 Å². The Hall–Kier alpha value is -2.05. The van der Waals surface area contributed by atoms with E-state index in [9.17, 15) is 9.59 Å². The smallest absolute Gasteiger partial charge is 0.308 e. The number of amides is 1. The van der Waals surface area contributed by atoms with Gasteiger partial charge in [0.25, 0.3) is 0 Å². The Morgan fingerprint density at radius 2 is 2.08 bits per heavy atom. The molecule has 0 bridgehead atoms. The van der Waals surface area contributed by atoms with E-state index in [0.29, 0.717) is 10.8 Å². The van der Waals surface area contributed by atoms with Crippen LogP contribution in [0.2, 0.25) is 5.02 Å². The number of hydrogen-bond acceptors (Lipinski definition) is 5. The summed E-state index contributed by atoms with van der Waals surface area (Å²) in [6, 6.07) is 10.4. The number of esters is 1. The van der Waals surface area contributed by atoms with E-state index in [1.165, 1.54) is 18.3 Å². The summed E-state index contributed by atoms with van der Waals surface area (Å²) in [7, 11) is 0. The molecule has 0 radical (unpaired) electrons. The summed E-state index contributed by atoms with van der Waals surface area (Å²) in [5, 5.41) is 5.24. The molecule has 128 valence electrons. The minimum atomic E-state index is -0.392. The van der Waals surface area contributed by atoms with Gasteiger partial charge in [0.05, 0.1) is 12.5 Å². The Bertz CT molecular complexity index is 675.